The van der Waals surface area contributed by atoms with Crippen molar-refractivity contribution in [3.63, 3.8) is 0 Å². The summed E-state index contributed by atoms with van der Waals surface area (Å²) in [5.74, 6) is 1.57. The smallest absolute Gasteiger partial charge is 0.143 e. The van der Waals surface area contributed by atoms with Crippen LogP contribution < -0.4 is 0 Å². The molecule has 0 amide bonds. The third-order valence-electron chi connectivity index (χ3n) is 3.01. The number of carbonyl (C=O) groups is 1. The minimum atomic E-state index is 0.401. The van der Waals surface area contributed by atoms with Crippen molar-refractivity contribution in [3.05, 3.63) is 35.4 Å². The molecule has 0 saturated carbocycles. The molecular formula is C14H18OS. The van der Waals surface area contributed by atoms with Crippen LogP contribution in [0.2, 0.25) is 0 Å². The molecule has 1 aliphatic rings. The standard InChI is InChI=1S/C14H18OS/c1-10(2)16-9-13(15)8-12-7-11-5-3-4-6-14(11)12/h3-6,10,12H,7-9H2,1-2H3. The maximum absolute atomic E-state index is 11.7. The summed E-state index contributed by atoms with van der Waals surface area (Å²) >= 11 is 1.75. The van der Waals surface area contributed by atoms with Crippen LogP contribution in [0.25, 0.3) is 0 Å². The lowest BCUT2D eigenvalue weighted by atomic mass is 9.75. The maximum atomic E-state index is 11.7. The fraction of sp³-hybridized carbons (Fsp3) is 0.500. The zero-order valence-corrected chi connectivity index (χ0v) is 10.7. The fourth-order valence-corrected chi connectivity index (χ4v) is 2.78. The van der Waals surface area contributed by atoms with Crippen LogP contribution in [0.3, 0.4) is 0 Å². The van der Waals surface area contributed by atoms with E-state index in [-0.39, 0.29) is 0 Å². The Bertz CT molecular complexity index is 384. The van der Waals surface area contributed by atoms with E-state index in [2.05, 4.69) is 38.1 Å². The van der Waals surface area contributed by atoms with Crippen LogP contribution in [0.4, 0.5) is 0 Å². The molecule has 1 aromatic carbocycles. The van der Waals surface area contributed by atoms with Crippen LogP contribution in [-0.4, -0.2) is 16.8 Å². The third-order valence-corrected chi connectivity index (χ3v) is 4.17. The number of carbonyl (C=O) groups excluding carboxylic acids is 1. The van der Waals surface area contributed by atoms with Crippen molar-refractivity contribution in [1.29, 1.82) is 0 Å². The molecule has 2 heteroatoms. The normalized spacial score (nSPS) is 18.1. The van der Waals surface area contributed by atoms with E-state index in [0.717, 1.165) is 12.8 Å². The minimum absolute atomic E-state index is 0.401. The lowest BCUT2D eigenvalue weighted by molar-refractivity contribution is -0.117. The highest BCUT2D eigenvalue weighted by Crippen LogP contribution is 2.37. The van der Waals surface area contributed by atoms with Gasteiger partial charge in [0.1, 0.15) is 5.78 Å². The van der Waals surface area contributed by atoms with Gasteiger partial charge in [-0.15, -0.1) is 0 Å². The van der Waals surface area contributed by atoms with E-state index in [1.165, 1.54) is 11.1 Å². The maximum Gasteiger partial charge on any atom is 0.143 e. The second kappa shape index (κ2) is 5.05. The van der Waals surface area contributed by atoms with E-state index in [4.69, 9.17) is 0 Å². The van der Waals surface area contributed by atoms with Gasteiger partial charge in [-0.05, 0) is 28.7 Å². The van der Waals surface area contributed by atoms with Crippen molar-refractivity contribution in [2.75, 3.05) is 5.75 Å². The van der Waals surface area contributed by atoms with Gasteiger partial charge < -0.3 is 0 Å². The number of ketones is 1. The van der Waals surface area contributed by atoms with Gasteiger partial charge in [0, 0.05) is 6.42 Å². The molecule has 0 aliphatic heterocycles. The minimum Gasteiger partial charge on any atom is -0.299 e. The Labute approximate surface area is 102 Å². The number of Topliss-reactive ketones (excluding diaryl/α,β-unsaturated/α-hetero) is 1. The average Bonchev–Trinajstić information content (AvgIpc) is 2.23. The van der Waals surface area contributed by atoms with Crippen molar-refractivity contribution in [1.82, 2.24) is 0 Å². The Hall–Kier alpha value is -0.760. The van der Waals surface area contributed by atoms with E-state index in [1.54, 1.807) is 11.8 Å². The molecule has 0 radical (unpaired) electrons. The van der Waals surface area contributed by atoms with Crippen LogP contribution in [-0.2, 0) is 11.2 Å². The number of hydrogen-bond donors (Lipinski definition) is 0. The monoisotopic (exact) mass is 234 g/mol. The first-order valence-corrected chi connectivity index (χ1v) is 6.93. The van der Waals surface area contributed by atoms with Gasteiger partial charge in [0.05, 0.1) is 5.75 Å². The molecule has 1 unspecified atom stereocenters. The predicted octanol–water partition coefficient (Wildman–Crippen LogP) is 3.43. The number of rotatable bonds is 5. The molecule has 1 nitrogen and oxygen atoms in total. The first kappa shape index (κ1) is 11.7. The van der Waals surface area contributed by atoms with Crippen LogP contribution >= 0.6 is 11.8 Å². The quantitative estimate of drug-likeness (QED) is 0.776. The largest absolute Gasteiger partial charge is 0.299 e. The summed E-state index contributed by atoms with van der Waals surface area (Å²) in [6.45, 7) is 4.27. The van der Waals surface area contributed by atoms with Gasteiger partial charge in [-0.3, -0.25) is 4.79 Å². The van der Waals surface area contributed by atoms with Crippen LogP contribution in [0.15, 0.2) is 24.3 Å². The van der Waals surface area contributed by atoms with E-state index >= 15 is 0 Å². The molecular weight excluding hydrogens is 216 g/mol. The summed E-state index contributed by atoms with van der Waals surface area (Å²) in [5.41, 5.74) is 2.82. The van der Waals surface area contributed by atoms with Gasteiger partial charge in [-0.25, -0.2) is 0 Å². The van der Waals surface area contributed by atoms with Crippen molar-refractivity contribution < 1.29 is 4.79 Å². The van der Waals surface area contributed by atoms with Crippen molar-refractivity contribution in [2.24, 2.45) is 0 Å². The second-order valence-corrected chi connectivity index (χ2v) is 6.27. The summed E-state index contributed by atoms with van der Waals surface area (Å²) in [7, 11) is 0. The molecule has 0 bridgehead atoms. The SMILES string of the molecule is CC(C)SCC(=O)CC1Cc2ccccc21. The van der Waals surface area contributed by atoms with Crippen molar-refractivity contribution in [2.45, 2.75) is 37.9 Å². The Morgan fingerprint density at radius 3 is 2.88 bits per heavy atom. The number of benzene rings is 1. The second-order valence-electron chi connectivity index (χ2n) is 4.70. The van der Waals surface area contributed by atoms with Crippen molar-refractivity contribution >= 4 is 17.5 Å². The summed E-state index contributed by atoms with van der Waals surface area (Å²) in [6.07, 6.45) is 1.82. The van der Waals surface area contributed by atoms with E-state index in [0.29, 0.717) is 22.7 Å². The molecule has 2 rings (SSSR count). The highest BCUT2D eigenvalue weighted by Gasteiger charge is 2.27. The molecule has 0 heterocycles. The molecule has 16 heavy (non-hydrogen) atoms. The Morgan fingerprint density at radius 1 is 1.44 bits per heavy atom. The van der Waals surface area contributed by atoms with E-state index in [1.807, 2.05) is 0 Å². The Balaban J connectivity index is 1.83. The first-order chi connectivity index (χ1) is 7.66. The molecule has 0 N–H and O–H groups in total. The first-order valence-electron chi connectivity index (χ1n) is 5.88. The van der Waals surface area contributed by atoms with Crippen LogP contribution in [0.1, 0.15) is 37.3 Å². The third kappa shape index (κ3) is 2.67. The number of fused-ring (bicyclic) bond motifs is 1. The molecule has 1 atom stereocenters. The van der Waals surface area contributed by atoms with Crippen LogP contribution in [0, 0.1) is 0 Å². The average molecular weight is 234 g/mol. The topological polar surface area (TPSA) is 17.1 Å². The summed E-state index contributed by atoms with van der Waals surface area (Å²) in [6, 6.07) is 8.47. The summed E-state index contributed by atoms with van der Waals surface area (Å²) in [5, 5.41) is 0.553. The van der Waals surface area contributed by atoms with Gasteiger partial charge in [0.2, 0.25) is 0 Å². The van der Waals surface area contributed by atoms with Gasteiger partial charge in [0.15, 0.2) is 0 Å². The van der Waals surface area contributed by atoms with Gasteiger partial charge in [0.25, 0.3) is 0 Å². The number of hydrogen-bond acceptors (Lipinski definition) is 2. The molecule has 0 aromatic heterocycles. The fourth-order valence-electron chi connectivity index (χ4n) is 2.14. The molecule has 86 valence electrons. The highest BCUT2D eigenvalue weighted by atomic mass is 32.2. The molecule has 1 aliphatic carbocycles. The highest BCUT2D eigenvalue weighted by molar-refractivity contribution is 8.00. The lowest BCUT2D eigenvalue weighted by Gasteiger charge is -2.29. The predicted molar refractivity (Wildman–Crippen MR) is 70.1 cm³/mol. The van der Waals surface area contributed by atoms with Crippen molar-refractivity contribution in [3.8, 4) is 0 Å². The summed E-state index contributed by atoms with van der Waals surface area (Å²) < 4.78 is 0. The Morgan fingerprint density at radius 2 is 2.19 bits per heavy atom. The molecule has 0 fully saturated rings. The molecule has 0 spiro atoms. The molecule has 0 saturated heterocycles. The zero-order valence-electron chi connectivity index (χ0n) is 9.90. The van der Waals surface area contributed by atoms with E-state index < -0.39 is 0 Å². The zero-order chi connectivity index (χ0) is 11.5. The number of thioether (sulfide) groups is 1. The van der Waals surface area contributed by atoms with Gasteiger partial charge in [-0.1, -0.05) is 38.1 Å². The van der Waals surface area contributed by atoms with Crippen LogP contribution in [0.5, 0.6) is 0 Å². The van der Waals surface area contributed by atoms with E-state index in [9.17, 15) is 4.79 Å². The molecule has 1 aromatic rings. The lowest BCUT2D eigenvalue weighted by Crippen LogP contribution is -2.21. The van der Waals surface area contributed by atoms with Gasteiger partial charge in [-0.2, -0.15) is 11.8 Å². The summed E-state index contributed by atoms with van der Waals surface area (Å²) in [4.78, 5) is 11.7. The Kier molecular flexibility index (Phi) is 3.70. The van der Waals surface area contributed by atoms with Gasteiger partial charge >= 0.3 is 0 Å².